The molecule has 6 nitrogen and oxygen atoms in total. The number of hydrogen-bond acceptors (Lipinski definition) is 6. The van der Waals surface area contributed by atoms with Crippen LogP contribution in [0.4, 0.5) is 24.9 Å². The molecule has 2 rings (SSSR count). The number of aromatic nitrogens is 3. The third kappa shape index (κ3) is 4.44. The topological polar surface area (TPSA) is 63.2 Å². The number of pyridine rings is 1. The number of nitrogens with one attached hydrogen (secondary N) is 1. The van der Waals surface area contributed by atoms with E-state index in [1.165, 1.54) is 12.0 Å². The van der Waals surface area contributed by atoms with E-state index >= 15 is 0 Å². The summed E-state index contributed by atoms with van der Waals surface area (Å²) in [6.45, 7) is 0.241. The highest BCUT2D eigenvalue weighted by Crippen LogP contribution is 2.30. The van der Waals surface area contributed by atoms with E-state index < -0.39 is 11.9 Å². The SMILES string of the molecule is COc1ccc(CNc2nc(N(C)C)cc(C(F)(F)F)n2)cn1. The first-order chi connectivity index (χ1) is 10.8. The third-order valence-electron chi connectivity index (χ3n) is 2.92. The fourth-order valence-corrected chi connectivity index (χ4v) is 1.71. The van der Waals surface area contributed by atoms with Crippen LogP contribution in [0.25, 0.3) is 0 Å². The zero-order valence-corrected chi connectivity index (χ0v) is 12.8. The molecule has 0 saturated carbocycles. The zero-order valence-electron chi connectivity index (χ0n) is 12.8. The molecule has 0 atom stereocenters. The number of hydrogen-bond donors (Lipinski definition) is 1. The van der Waals surface area contributed by atoms with Crippen molar-refractivity contribution < 1.29 is 17.9 Å². The van der Waals surface area contributed by atoms with Gasteiger partial charge < -0.3 is 15.0 Å². The smallest absolute Gasteiger partial charge is 0.433 e. The van der Waals surface area contributed by atoms with Crippen molar-refractivity contribution in [1.29, 1.82) is 0 Å². The molecule has 23 heavy (non-hydrogen) atoms. The molecule has 9 heteroatoms. The lowest BCUT2D eigenvalue weighted by Crippen LogP contribution is -2.17. The molecule has 0 radical (unpaired) electrons. The van der Waals surface area contributed by atoms with Gasteiger partial charge in [-0.3, -0.25) is 0 Å². The van der Waals surface area contributed by atoms with Gasteiger partial charge in [-0.25, -0.2) is 9.97 Å². The summed E-state index contributed by atoms with van der Waals surface area (Å²) in [7, 11) is 4.72. The molecule has 0 amide bonds. The third-order valence-corrected chi connectivity index (χ3v) is 2.92. The van der Waals surface area contributed by atoms with Crippen molar-refractivity contribution in [3.63, 3.8) is 0 Å². The number of nitrogens with zero attached hydrogens (tertiary/aromatic N) is 4. The maximum absolute atomic E-state index is 12.9. The Balaban J connectivity index is 2.19. The fraction of sp³-hybridized carbons (Fsp3) is 0.357. The normalized spacial score (nSPS) is 11.2. The molecule has 0 unspecified atom stereocenters. The monoisotopic (exact) mass is 327 g/mol. The molecule has 0 aliphatic carbocycles. The first kappa shape index (κ1) is 16.8. The number of halogens is 3. The molecule has 124 valence electrons. The van der Waals surface area contributed by atoms with Crippen LogP contribution in [0.1, 0.15) is 11.3 Å². The summed E-state index contributed by atoms with van der Waals surface area (Å²) in [6.07, 6.45) is -2.97. The standard InChI is InChI=1S/C14H16F3N5O/c1-22(2)11-6-10(14(15,16)17)20-13(21-11)19-8-9-4-5-12(23-3)18-7-9/h4-7H,8H2,1-3H3,(H,19,20,21). The van der Waals surface area contributed by atoms with Gasteiger partial charge in [0.2, 0.25) is 11.8 Å². The van der Waals surface area contributed by atoms with Gasteiger partial charge in [0, 0.05) is 39.0 Å². The van der Waals surface area contributed by atoms with Crippen LogP contribution in [-0.2, 0) is 12.7 Å². The van der Waals surface area contributed by atoms with Crippen LogP contribution in [-0.4, -0.2) is 36.2 Å². The summed E-state index contributed by atoms with van der Waals surface area (Å²) in [6, 6.07) is 4.31. The zero-order chi connectivity index (χ0) is 17.0. The van der Waals surface area contributed by atoms with Crippen LogP contribution >= 0.6 is 0 Å². The Morgan fingerprint density at radius 1 is 1.22 bits per heavy atom. The Hall–Kier alpha value is -2.58. The van der Waals surface area contributed by atoms with E-state index in [9.17, 15) is 13.2 Å². The largest absolute Gasteiger partial charge is 0.481 e. The van der Waals surface area contributed by atoms with Crippen molar-refractivity contribution in [2.75, 3.05) is 31.4 Å². The highest BCUT2D eigenvalue weighted by molar-refractivity contribution is 5.44. The first-order valence-electron chi connectivity index (χ1n) is 6.66. The maximum Gasteiger partial charge on any atom is 0.433 e. The Labute approximate surface area is 131 Å². The van der Waals surface area contributed by atoms with Gasteiger partial charge in [-0.2, -0.15) is 18.2 Å². The highest BCUT2D eigenvalue weighted by Gasteiger charge is 2.33. The lowest BCUT2D eigenvalue weighted by molar-refractivity contribution is -0.141. The van der Waals surface area contributed by atoms with E-state index in [0.29, 0.717) is 5.88 Å². The second kappa shape index (κ2) is 6.67. The molecule has 2 heterocycles. The van der Waals surface area contributed by atoms with Crippen molar-refractivity contribution in [2.45, 2.75) is 12.7 Å². The average Bonchev–Trinajstić information content (AvgIpc) is 2.52. The number of anilines is 2. The second-order valence-corrected chi connectivity index (χ2v) is 4.89. The molecular formula is C14H16F3N5O. The minimum atomic E-state index is -4.54. The van der Waals surface area contributed by atoms with E-state index in [1.54, 1.807) is 32.4 Å². The summed E-state index contributed by atoms with van der Waals surface area (Å²) in [4.78, 5) is 13.1. The van der Waals surface area contributed by atoms with Gasteiger partial charge in [-0.15, -0.1) is 0 Å². The predicted octanol–water partition coefficient (Wildman–Crippen LogP) is 2.58. The average molecular weight is 327 g/mol. The molecule has 0 fully saturated rings. The van der Waals surface area contributed by atoms with Crippen LogP contribution in [0.5, 0.6) is 5.88 Å². The molecule has 2 aromatic heterocycles. The van der Waals surface area contributed by atoms with Crippen molar-refractivity contribution >= 4 is 11.8 Å². The number of rotatable bonds is 5. The van der Waals surface area contributed by atoms with E-state index in [2.05, 4.69) is 20.3 Å². The Morgan fingerprint density at radius 2 is 1.96 bits per heavy atom. The van der Waals surface area contributed by atoms with Gasteiger partial charge >= 0.3 is 6.18 Å². The molecule has 0 bridgehead atoms. The molecule has 0 aliphatic rings. The van der Waals surface area contributed by atoms with Gasteiger partial charge in [0.05, 0.1) is 7.11 Å². The Bertz CT molecular complexity index is 658. The maximum atomic E-state index is 12.9. The minimum absolute atomic E-state index is 0.0978. The molecule has 2 aromatic rings. The second-order valence-electron chi connectivity index (χ2n) is 4.89. The van der Waals surface area contributed by atoms with Gasteiger partial charge in [-0.1, -0.05) is 6.07 Å². The summed E-state index contributed by atoms with van der Waals surface area (Å²) in [5, 5.41) is 2.78. The van der Waals surface area contributed by atoms with Crippen LogP contribution in [0, 0.1) is 0 Å². The van der Waals surface area contributed by atoms with Gasteiger partial charge in [0.1, 0.15) is 5.82 Å². The fourth-order valence-electron chi connectivity index (χ4n) is 1.71. The highest BCUT2D eigenvalue weighted by atomic mass is 19.4. The summed E-state index contributed by atoms with van der Waals surface area (Å²) in [5.41, 5.74) is -0.232. The number of alkyl halides is 3. The van der Waals surface area contributed by atoms with Crippen molar-refractivity contribution in [2.24, 2.45) is 0 Å². The lowest BCUT2D eigenvalue weighted by Gasteiger charge is -2.16. The Morgan fingerprint density at radius 3 is 2.48 bits per heavy atom. The van der Waals surface area contributed by atoms with Gasteiger partial charge in [0.25, 0.3) is 0 Å². The van der Waals surface area contributed by atoms with E-state index in [4.69, 9.17) is 4.74 Å². The Kier molecular flexibility index (Phi) is 4.87. The number of methoxy groups -OCH3 is 1. The minimum Gasteiger partial charge on any atom is -0.481 e. The molecule has 0 saturated heterocycles. The molecule has 0 aromatic carbocycles. The molecule has 0 aliphatic heterocycles. The quantitative estimate of drug-likeness (QED) is 0.911. The van der Waals surface area contributed by atoms with Gasteiger partial charge in [0.15, 0.2) is 5.69 Å². The molecule has 1 N–H and O–H groups in total. The van der Waals surface area contributed by atoms with E-state index in [-0.39, 0.29) is 18.3 Å². The number of ether oxygens (including phenoxy) is 1. The van der Waals surface area contributed by atoms with Gasteiger partial charge in [-0.05, 0) is 5.56 Å². The van der Waals surface area contributed by atoms with Crippen LogP contribution < -0.4 is 15.0 Å². The van der Waals surface area contributed by atoms with Crippen molar-refractivity contribution in [3.8, 4) is 5.88 Å². The lowest BCUT2D eigenvalue weighted by atomic mass is 10.3. The van der Waals surface area contributed by atoms with E-state index in [1.807, 2.05) is 0 Å². The van der Waals surface area contributed by atoms with Crippen LogP contribution in [0.3, 0.4) is 0 Å². The van der Waals surface area contributed by atoms with Crippen molar-refractivity contribution in [1.82, 2.24) is 15.0 Å². The summed E-state index contributed by atoms with van der Waals surface area (Å²) < 4.78 is 43.6. The van der Waals surface area contributed by atoms with Crippen LogP contribution in [0.2, 0.25) is 0 Å². The summed E-state index contributed by atoms with van der Waals surface area (Å²) >= 11 is 0. The van der Waals surface area contributed by atoms with Crippen molar-refractivity contribution in [3.05, 3.63) is 35.7 Å². The van der Waals surface area contributed by atoms with Crippen LogP contribution in [0.15, 0.2) is 24.4 Å². The van der Waals surface area contributed by atoms with E-state index in [0.717, 1.165) is 11.6 Å². The molecular weight excluding hydrogens is 311 g/mol. The first-order valence-corrected chi connectivity index (χ1v) is 6.66. The molecule has 0 spiro atoms. The summed E-state index contributed by atoms with van der Waals surface area (Å²) in [5.74, 6) is 0.529. The predicted molar refractivity (Wildman–Crippen MR) is 79.5 cm³/mol.